The molecule has 0 unspecified atom stereocenters. The zero-order valence-electron chi connectivity index (χ0n) is 52.8. The summed E-state index contributed by atoms with van der Waals surface area (Å²) in [6.07, 6.45) is 2.71. The number of aromatic hydroxyl groups is 2. The third-order valence-corrected chi connectivity index (χ3v) is 14.2. The average molecular weight is 1350 g/mol. The first-order chi connectivity index (χ1) is 45.3. The SMILES string of the molecule is O=CO[C@H](CCCCNC(=O)CCCCCCC(=O)CCc1ccc(O)c(CN(CCN(CC(=O)O)Cc2nc(CCC(=O)NCCCCC(=O)NCCCC[C@H](NC(=O)N[C@@H](CCC(=O)O)C(=O)O)OC=O)ccc2O)CC(=O)O)n1)NC(=O)N[C@@H](CCC(=O)O)C(=O)O. The summed E-state index contributed by atoms with van der Waals surface area (Å²) in [5.74, 6) is -9.06. The van der Waals surface area contributed by atoms with Crippen LogP contribution in [0.2, 0.25) is 0 Å². The number of carboxylic acids is 6. The Labute approximate surface area is 546 Å². The van der Waals surface area contributed by atoms with Gasteiger partial charge in [-0.1, -0.05) is 12.8 Å². The number of carbonyl (C=O) groups is 14. The summed E-state index contributed by atoms with van der Waals surface area (Å²) in [5.41, 5.74) is 1.12. The third-order valence-electron chi connectivity index (χ3n) is 14.2. The molecule has 0 radical (unpaired) electrons. The number of hydrogen-bond acceptors (Lipinski definition) is 22. The number of aryl methyl sites for hydroxylation is 2. The van der Waals surface area contributed by atoms with Crippen LogP contribution in [0.25, 0.3) is 0 Å². The summed E-state index contributed by atoms with van der Waals surface area (Å²) >= 11 is 0. The molecule has 0 saturated carbocycles. The first kappa shape index (κ1) is 81.3. The van der Waals surface area contributed by atoms with Crippen molar-refractivity contribution in [3.63, 3.8) is 0 Å². The highest BCUT2D eigenvalue weighted by atomic mass is 16.5. The Kier molecular flexibility index (Phi) is 40.3. The van der Waals surface area contributed by atoms with E-state index in [1.165, 1.54) is 28.0 Å². The molecule has 0 aliphatic carbocycles. The summed E-state index contributed by atoms with van der Waals surface area (Å²) in [7, 11) is 0. The van der Waals surface area contributed by atoms with E-state index in [4.69, 9.17) is 19.7 Å². The van der Waals surface area contributed by atoms with Gasteiger partial charge in [0.2, 0.25) is 17.7 Å². The minimum atomic E-state index is -1.49. The van der Waals surface area contributed by atoms with E-state index >= 15 is 0 Å². The highest BCUT2D eigenvalue weighted by molar-refractivity contribution is 5.84. The Hall–Kier alpha value is -9.80. The normalized spacial score (nSPS) is 12.2. The minimum absolute atomic E-state index is 0.00922. The van der Waals surface area contributed by atoms with Crippen LogP contribution >= 0.6 is 0 Å². The second-order valence-corrected chi connectivity index (χ2v) is 22.0. The van der Waals surface area contributed by atoms with Crippen molar-refractivity contribution < 1.29 is 117 Å². The minimum Gasteiger partial charge on any atom is -0.506 e. The van der Waals surface area contributed by atoms with Gasteiger partial charge in [-0.05, 0) is 101 Å². The lowest BCUT2D eigenvalue weighted by molar-refractivity contribution is -0.142. The molecule has 0 bridgehead atoms. The fourth-order valence-electron chi connectivity index (χ4n) is 9.20. The first-order valence-electron chi connectivity index (χ1n) is 31.0. The monoisotopic (exact) mass is 1350 g/mol. The van der Waals surface area contributed by atoms with Gasteiger partial charge in [0.1, 0.15) is 29.4 Å². The maximum atomic E-state index is 12.8. The lowest BCUT2D eigenvalue weighted by Gasteiger charge is -2.26. The molecule has 0 saturated heterocycles. The van der Waals surface area contributed by atoms with Gasteiger partial charge < -0.3 is 87.5 Å². The number of ketones is 1. The number of carbonyl (C=O) groups excluding carboxylic acids is 8. The van der Waals surface area contributed by atoms with Crippen molar-refractivity contribution in [3.8, 4) is 11.5 Å². The van der Waals surface area contributed by atoms with Gasteiger partial charge in [0.05, 0.1) is 24.5 Å². The van der Waals surface area contributed by atoms with Crippen LogP contribution in [0.4, 0.5) is 9.59 Å². The molecule has 35 nitrogen and oxygen atoms in total. The van der Waals surface area contributed by atoms with Crippen LogP contribution in [0.3, 0.4) is 0 Å². The lowest BCUT2D eigenvalue weighted by atomic mass is 10.0. The number of nitrogens with one attached hydrogen (secondary N) is 7. The summed E-state index contributed by atoms with van der Waals surface area (Å²) < 4.78 is 9.68. The molecule has 7 amide bonds. The van der Waals surface area contributed by atoms with Crippen molar-refractivity contribution in [2.75, 3.05) is 45.8 Å². The summed E-state index contributed by atoms with van der Waals surface area (Å²) in [6.45, 7) is -0.400. The number of pyridine rings is 2. The highest BCUT2D eigenvalue weighted by Gasteiger charge is 2.26. The maximum Gasteiger partial charge on any atom is 0.326 e. The van der Waals surface area contributed by atoms with E-state index in [1.807, 2.05) is 0 Å². The van der Waals surface area contributed by atoms with Crippen LogP contribution in [0.1, 0.15) is 158 Å². The van der Waals surface area contributed by atoms with E-state index < -0.39 is 98.3 Å². The summed E-state index contributed by atoms with van der Waals surface area (Å²) in [4.78, 5) is 177. The van der Waals surface area contributed by atoms with Gasteiger partial charge in [0, 0.05) is 115 Å². The smallest absolute Gasteiger partial charge is 0.326 e. The van der Waals surface area contributed by atoms with Gasteiger partial charge in [-0.15, -0.1) is 0 Å². The molecule has 2 aromatic rings. The molecule has 35 heteroatoms. The predicted octanol–water partition coefficient (Wildman–Crippen LogP) is 1.23. The Bertz CT molecular complexity index is 2850. The summed E-state index contributed by atoms with van der Waals surface area (Å²) in [5, 5.41) is 94.2. The molecule has 528 valence electrons. The van der Waals surface area contributed by atoms with Gasteiger partial charge in [-0.3, -0.25) is 67.7 Å². The van der Waals surface area contributed by atoms with Crippen molar-refractivity contribution >= 4 is 84.3 Å². The van der Waals surface area contributed by atoms with Crippen LogP contribution in [0.5, 0.6) is 11.5 Å². The molecule has 15 N–H and O–H groups in total. The number of aromatic nitrogens is 2. The second kappa shape index (κ2) is 47.1. The molecule has 4 atom stereocenters. The summed E-state index contributed by atoms with van der Waals surface area (Å²) in [6, 6.07) is 0.893. The molecule has 2 aromatic heterocycles. The lowest BCUT2D eigenvalue weighted by Crippen LogP contribution is -2.49. The van der Waals surface area contributed by atoms with Gasteiger partial charge in [-0.25, -0.2) is 19.2 Å². The largest absolute Gasteiger partial charge is 0.506 e. The Morgan fingerprint density at radius 2 is 0.811 bits per heavy atom. The Balaban J connectivity index is 1.75. The zero-order chi connectivity index (χ0) is 70.5. The number of amides is 7. The standard InChI is InChI=1S/C60H89N11O24/c72-37-94-51(68-59(92)66-42(57(88)89)21-26-53(80)81)14-6-9-29-61-48(77)12-4-2-1-3-11-41(74)20-16-39-17-23-46(75)44(64-39)33-70(35-55(84)85)31-32-71(36-56(86)87)34-45-47(76)24-18-40(65-45)19-25-50(79)63-28-8-5-13-49(78)62-30-10-7-15-52(95-38-73)69-60(93)67-43(58(90)91)22-27-54(82)83/h17-18,23-24,37-38,42-43,51-52,75-76H,1-16,19-22,25-36H2,(H,61,77)(H,62,78)(H,63,79)(H,80,81)(H,82,83)(H,84,85)(H,86,87)(H,88,89)(H,90,91)(H2,66,68,92)(H2,67,69,93)/t42-,43-,51+,52+/m0/s1. The average Bonchev–Trinajstić information content (AvgIpc) is 1.02. The third kappa shape index (κ3) is 39.4. The van der Waals surface area contributed by atoms with E-state index in [1.54, 1.807) is 6.07 Å². The van der Waals surface area contributed by atoms with Gasteiger partial charge in [-0.2, -0.15) is 0 Å². The molecular weight excluding hydrogens is 1260 g/mol. The number of unbranched alkanes of at least 4 members (excludes halogenated alkanes) is 6. The van der Waals surface area contributed by atoms with Crippen LogP contribution in [-0.4, -0.2) is 215 Å². The molecule has 0 aromatic carbocycles. The van der Waals surface area contributed by atoms with Crippen molar-refractivity contribution in [3.05, 3.63) is 47.0 Å². The molecule has 0 fully saturated rings. The van der Waals surface area contributed by atoms with Crippen molar-refractivity contribution in [1.29, 1.82) is 0 Å². The van der Waals surface area contributed by atoms with Gasteiger partial charge in [0.15, 0.2) is 12.5 Å². The van der Waals surface area contributed by atoms with E-state index in [9.17, 15) is 97.8 Å². The molecule has 0 aliphatic heterocycles. The molecule has 2 heterocycles. The Morgan fingerprint density at radius 3 is 1.20 bits per heavy atom. The van der Waals surface area contributed by atoms with Crippen LogP contribution in [0.15, 0.2) is 24.3 Å². The second-order valence-electron chi connectivity index (χ2n) is 22.0. The molecule has 0 spiro atoms. The van der Waals surface area contributed by atoms with E-state index in [2.05, 4.69) is 47.2 Å². The number of carboxylic acid groups (broad SMARTS) is 6. The molecule has 0 aliphatic rings. The highest BCUT2D eigenvalue weighted by Crippen LogP contribution is 2.21. The van der Waals surface area contributed by atoms with E-state index in [0.29, 0.717) is 82.1 Å². The van der Waals surface area contributed by atoms with Gasteiger partial charge >= 0.3 is 47.9 Å². The maximum absolute atomic E-state index is 12.8. The fourth-order valence-corrected chi connectivity index (χ4v) is 9.20. The zero-order valence-corrected chi connectivity index (χ0v) is 52.8. The number of rotatable bonds is 55. The van der Waals surface area contributed by atoms with Crippen LogP contribution in [-0.2, 0) is 92.9 Å². The van der Waals surface area contributed by atoms with Crippen LogP contribution in [0, 0.1) is 0 Å². The van der Waals surface area contributed by atoms with Gasteiger partial charge in [0.25, 0.3) is 12.9 Å². The molecular formula is C60H89N11O24. The number of urea groups is 2. The number of hydrogen-bond donors (Lipinski definition) is 15. The number of Topliss-reactive ketones (excluding diaryl/α,β-unsaturated/α-hetero) is 1. The Morgan fingerprint density at radius 1 is 0.432 bits per heavy atom. The van der Waals surface area contributed by atoms with Crippen molar-refractivity contribution in [2.45, 2.75) is 185 Å². The topological polar surface area (TPSA) is 536 Å². The van der Waals surface area contributed by atoms with Crippen molar-refractivity contribution in [2.24, 2.45) is 0 Å². The number of nitrogens with zero attached hydrogens (tertiary/aromatic N) is 4. The van der Waals surface area contributed by atoms with E-state index in [0.717, 1.165) is 0 Å². The predicted molar refractivity (Wildman–Crippen MR) is 329 cm³/mol. The fraction of sp³-hybridized carbons (Fsp3) is 0.600. The number of aliphatic carboxylic acids is 6. The first-order valence-corrected chi connectivity index (χ1v) is 31.0. The van der Waals surface area contributed by atoms with Crippen molar-refractivity contribution in [1.82, 2.24) is 57.0 Å². The number of ether oxygens (including phenoxy) is 2. The van der Waals surface area contributed by atoms with E-state index in [-0.39, 0.29) is 169 Å². The molecule has 2 rings (SSSR count). The van der Waals surface area contributed by atoms with Crippen LogP contribution < -0.4 is 37.2 Å². The quantitative estimate of drug-likeness (QED) is 0.0252. The molecule has 95 heavy (non-hydrogen) atoms.